The minimum Gasteiger partial charge on any atom is -0.487 e. The van der Waals surface area contributed by atoms with Gasteiger partial charge >= 0.3 is 5.69 Å². The summed E-state index contributed by atoms with van der Waals surface area (Å²) in [5.41, 5.74) is 0.525. The van der Waals surface area contributed by atoms with Crippen LogP contribution < -0.4 is 9.64 Å². The van der Waals surface area contributed by atoms with Crippen LogP contribution >= 0.6 is 0 Å². The van der Waals surface area contributed by atoms with E-state index in [0.29, 0.717) is 24.9 Å². The van der Waals surface area contributed by atoms with Crippen LogP contribution in [0.15, 0.2) is 18.2 Å². The van der Waals surface area contributed by atoms with E-state index in [2.05, 4.69) is 0 Å². The molecule has 6 nitrogen and oxygen atoms in total. The average molecular weight is 266 g/mol. The van der Waals surface area contributed by atoms with Crippen LogP contribution in [0, 0.1) is 10.1 Å². The molecule has 2 rings (SSSR count). The summed E-state index contributed by atoms with van der Waals surface area (Å²) in [7, 11) is 0. The Kier molecular flexibility index (Phi) is 4.21. The number of nitro benzene ring substituents is 1. The molecule has 0 amide bonds. The van der Waals surface area contributed by atoms with Crippen molar-refractivity contribution >= 4 is 11.4 Å². The van der Waals surface area contributed by atoms with Crippen molar-refractivity contribution < 1.29 is 14.8 Å². The van der Waals surface area contributed by atoms with E-state index in [-0.39, 0.29) is 18.0 Å². The van der Waals surface area contributed by atoms with Gasteiger partial charge in [0.15, 0.2) is 5.75 Å². The minimum absolute atomic E-state index is 0.00954. The largest absolute Gasteiger partial charge is 0.487 e. The molecule has 0 atom stereocenters. The summed E-state index contributed by atoms with van der Waals surface area (Å²) in [6, 6.07) is 5.37. The Morgan fingerprint density at radius 2 is 2.26 bits per heavy atom. The van der Waals surface area contributed by atoms with Crippen molar-refractivity contribution in [3.05, 3.63) is 28.3 Å². The molecule has 0 spiro atoms. The summed E-state index contributed by atoms with van der Waals surface area (Å²) in [6.07, 6.45) is 2.02. The number of hydrogen-bond acceptors (Lipinski definition) is 5. The van der Waals surface area contributed by atoms with E-state index in [1.165, 1.54) is 0 Å². The van der Waals surface area contributed by atoms with Crippen LogP contribution in [0.2, 0.25) is 0 Å². The zero-order valence-electron chi connectivity index (χ0n) is 10.9. The summed E-state index contributed by atoms with van der Waals surface area (Å²) in [5.74, 6) is 0.286. The number of rotatable bonds is 7. The van der Waals surface area contributed by atoms with Gasteiger partial charge in [-0.2, -0.15) is 0 Å². The molecular formula is C13H18N2O4. The van der Waals surface area contributed by atoms with E-state index in [0.717, 1.165) is 12.8 Å². The molecule has 0 aromatic heterocycles. The highest BCUT2D eigenvalue weighted by molar-refractivity contribution is 5.70. The van der Waals surface area contributed by atoms with Gasteiger partial charge in [-0.15, -0.1) is 0 Å². The van der Waals surface area contributed by atoms with Crippen molar-refractivity contribution in [2.24, 2.45) is 0 Å². The van der Waals surface area contributed by atoms with Crippen molar-refractivity contribution in [1.82, 2.24) is 0 Å². The van der Waals surface area contributed by atoms with Crippen molar-refractivity contribution in [1.29, 1.82) is 0 Å². The van der Waals surface area contributed by atoms with Crippen LogP contribution in [0.4, 0.5) is 11.4 Å². The molecule has 0 bridgehead atoms. The lowest BCUT2D eigenvalue weighted by Crippen LogP contribution is -2.29. The maximum absolute atomic E-state index is 11.3. The predicted molar refractivity (Wildman–Crippen MR) is 71.7 cm³/mol. The molecule has 6 heteroatoms. The molecule has 1 aliphatic carbocycles. The summed E-state index contributed by atoms with van der Waals surface area (Å²) >= 11 is 0. The fraction of sp³-hybridized carbons (Fsp3) is 0.538. The lowest BCUT2D eigenvalue weighted by atomic mass is 10.2. The molecule has 1 aromatic rings. The molecule has 104 valence electrons. The first-order valence-corrected chi connectivity index (χ1v) is 6.46. The van der Waals surface area contributed by atoms with Crippen molar-refractivity contribution in [3.8, 4) is 5.75 Å². The van der Waals surface area contributed by atoms with Crippen molar-refractivity contribution in [2.45, 2.75) is 25.8 Å². The van der Waals surface area contributed by atoms with Gasteiger partial charge in [-0.25, -0.2) is 0 Å². The SMILES string of the molecule is CCOc1cccc(N(CCO)C2CC2)c1[N+](=O)[O-]. The summed E-state index contributed by atoms with van der Waals surface area (Å²) in [6.45, 7) is 2.56. The third-order valence-corrected chi connectivity index (χ3v) is 3.10. The molecule has 0 heterocycles. The molecule has 0 radical (unpaired) electrons. The molecule has 1 fully saturated rings. The van der Waals surface area contributed by atoms with Crippen LogP contribution in [-0.4, -0.2) is 35.8 Å². The fourth-order valence-corrected chi connectivity index (χ4v) is 2.19. The fourth-order valence-electron chi connectivity index (χ4n) is 2.19. The van der Waals surface area contributed by atoms with E-state index >= 15 is 0 Å². The molecular weight excluding hydrogens is 248 g/mol. The van der Waals surface area contributed by atoms with E-state index in [4.69, 9.17) is 9.84 Å². The Balaban J connectivity index is 2.41. The maximum atomic E-state index is 11.3. The van der Waals surface area contributed by atoms with Gasteiger partial charge in [0.1, 0.15) is 5.69 Å². The van der Waals surface area contributed by atoms with Gasteiger partial charge in [0.2, 0.25) is 0 Å². The zero-order valence-corrected chi connectivity index (χ0v) is 10.9. The second kappa shape index (κ2) is 5.88. The number of benzene rings is 1. The first-order valence-electron chi connectivity index (χ1n) is 6.46. The third kappa shape index (κ3) is 2.96. The van der Waals surface area contributed by atoms with Crippen LogP contribution in [0.3, 0.4) is 0 Å². The number of nitro groups is 1. The first kappa shape index (κ1) is 13.6. The molecule has 1 N–H and O–H groups in total. The number of aliphatic hydroxyl groups is 1. The van der Waals surface area contributed by atoms with Gasteiger partial charge in [0, 0.05) is 12.6 Å². The summed E-state index contributed by atoms with van der Waals surface area (Å²) in [5, 5.41) is 20.4. The number of ether oxygens (including phenoxy) is 1. The van der Waals surface area contributed by atoms with Gasteiger partial charge in [-0.05, 0) is 31.9 Å². The van der Waals surface area contributed by atoms with Gasteiger partial charge in [-0.3, -0.25) is 10.1 Å². The molecule has 0 aliphatic heterocycles. The maximum Gasteiger partial charge on any atom is 0.333 e. The average Bonchev–Trinajstić information content (AvgIpc) is 3.20. The Labute approximate surface area is 111 Å². The lowest BCUT2D eigenvalue weighted by Gasteiger charge is -2.23. The van der Waals surface area contributed by atoms with E-state index in [1.54, 1.807) is 25.1 Å². The predicted octanol–water partition coefficient (Wildman–Crippen LogP) is 1.95. The quantitative estimate of drug-likeness (QED) is 0.603. The van der Waals surface area contributed by atoms with Gasteiger partial charge in [-0.1, -0.05) is 6.07 Å². The Bertz CT molecular complexity index is 460. The van der Waals surface area contributed by atoms with Gasteiger partial charge in [0.05, 0.1) is 18.1 Å². The number of para-hydroxylation sites is 1. The smallest absolute Gasteiger partial charge is 0.333 e. The molecule has 1 aliphatic rings. The van der Waals surface area contributed by atoms with Crippen LogP contribution in [0.5, 0.6) is 5.75 Å². The molecule has 19 heavy (non-hydrogen) atoms. The minimum atomic E-state index is -0.410. The topological polar surface area (TPSA) is 75.8 Å². The van der Waals surface area contributed by atoms with Crippen molar-refractivity contribution in [3.63, 3.8) is 0 Å². The second-order valence-corrected chi connectivity index (χ2v) is 4.46. The first-order chi connectivity index (χ1) is 9.19. The molecule has 1 saturated carbocycles. The second-order valence-electron chi connectivity index (χ2n) is 4.46. The van der Waals surface area contributed by atoms with Crippen LogP contribution in [0.1, 0.15) is 19.8 Å². The highest BCUT2D eigenvalue weighted by Crippen LogP contribution is 2.41. The lowest BCUT2D eigenvalue weighted by molar-refractivity contribution is -0.385. The Morgan fingerprint density at radius 3 is 2.79 bits per heavy atom. The van der Waals surface area contributed by atoms with Gasteiger partial charge in [0.25, 0.3) is 0 Å². The van der Waals surface area contributed by atoms with Crippen LogP contribution in [-0.2, 0) is 0 Å². The summed E-state index contributed by atoms with van der Waals surface area (Å²) in [4.78, 5) is 12.8. The van der Waals surface area contributed by atoms with Gasteiger partial charge < -0.3 is 14.7 Å². The molecule has 0 saturated heterocycles. The van der Waals surface area contributed by atoms with E-state index in [9.17, 15) is 10.1 Å². The number of anilines is 1. The van der Waals surface area contributed by atoms with E-state index in [1.807, 2.05) is 4.90 Å². The third-order valence-electron chi connectivity index (χ3n) is 3.10. The Morgan fingerprint density at radius 1 is 1.53 bits per heavy atom. The van der Waals surface area contributed by atoms with Crippen LogP contribution in [0.25, 0.3) is 0 Å². The monoisotopic (exact) mass is 266 g/mol. The number of nitrogens with zero attached hydrogens (tertiary/aromatic N) is 2. The normalized spacial score (nSPS) is 14.2. The molecule has 1 aromatic carbocycles. The number of hydrogen-bond donors (Lipinski definition) is 1. The molecule has 0 unspecified atom stereocenters. The number of aliphatic hydroxyl groups excluding tert-OH is 1. The highest BCUT2D eigenvalue weighted by atomic mass is 16.6. The standard InChI is InChI=1S/C13H18N2O4/c1-2-19-12-5-3-4-11(13(12)15(17)18)14(8-9-16)10-6-7-10/h3-5,10,16H,2,6-9H2,1H3. The zero-order chi connectivity index (χ0) is 13.8. The van der Waals surface area contributed by atoms with E-state index < -0.39 is 4.92 Å². The summed E-state index contributed by atoms with van der Waals surface area (Å²) < 4.78 is 5.34. The highest BCUT2D eigenvalue weighted by Gasteiger charge is 2.34. The Hall–Kier alpha value is -1.82. The van der Waals surface area contributed by atoms with Crippen molar-refractivity contribution in [2.75, 3.05) is 24.7 Å².